The van der Waals surface area contributed by atoms with Crippen molar-refractivity contribution >= 4 is 26.0 Å². The summed E-state index contributed by atoms with van der Waals surface area (Å²) in [7, 11) is -3.21. The number of hydrogen-bond acceptors (Lipinski definition) is 3. The summed E-state index contributed by atoms with van der Waals surface area (Å²) in [4.78, 5) is 0. The van der Waals surface area contributed by atoms with Gasteiger partial charge in [-0.2, -0.15) is 8.42 Å². The van der Waals surface area contributed by atoms with Crippen LogP contribution in [-0.4, -0.2) is 26.1 Å². The van der Waals surface area contributed by atoms with Gasteiger partial charge < -0.3 is 0 Å². The van der Waals surface area contributed by atoms with Crippen LogP contribution in [0.25, 0.3) is 0 Å². The standard InChI is InChI=1S/C4H9BrO3S/c1-2-9(6,7)8-4-3-5/h2-4H2,1H3. The molecule has 56 valence electrons. The summed E-state index contributed by atoms with van der Waals surface area (Å²) >= 11 is 3.04. The van der Waals surface area contributed by atoms with Crippen LogP contribution in [0, 0.1) is 0 Å². The van der Waals surface area contributed by atoms with E-state index in [0.717, 1.165) is 0 Å². The van der Waals surface area contributed by atoms with Gasteiger partial charge in [-0.1, -0.05) is 15.9 Å². The summed E-state index contributed by atoms with van der Waals surface area (Å²) in [5, 5.41) is 0.548. The fourth-order valence-corrected chi connectivity index (χ4v) is 1.12. The van der Waals surface area contributed by atoms with Gasteiger partial charge in [-0.25, -0.2) is 0 Å². The zero-order valence-corrected chi connectivity index (χ0v) is 7.53. The highest BCUT2D eigenvalue weighted by atomic mass is 79.9. The Morgan fingerprint density at radius 1 is 1.56 bits per heavy atom. The van der Waals surface area contributed by atoms with E-state index in [1.54, 1.807) is 6.92 Å². The van der Waals surface area contributed by atoms with Gasteiger partial charge in [0.15, 0.2) is 0 Å². The lowest BCUT2D eigenvalue weighted by molar-refractivity contribution is 0.343. The highest BCUT2D eigenvalue weighted by Crippen LogP contribution is 1.92. The summed E-state index contributed by atoms with van der Waals surface area (Å²) in [6.45, 7) is 1.76. The van der Waals surface area contributed by atoms with Gasteiger partial charge in [0, 0.05) is 5.33 Å². The average molecular weight is 217 g/mol. The molecule has 0 bridgehead atoms. The molecule has 0 rings (SSSR count). The van der Waals surface area contributed by atoms with E-state index in [4.69, 9.17) is 0 Å². The van der Waals surface area contributed by atoms with Gasteiger partial charge in [0.25, 0.3) is 10.1 Å². The summed E-state index contributed by atoms with van der Waals surface area (Å²) in [6, 6.07) is 0. The molecular formula is C4H9BrO3S. The minimum absolute atomic E-state index is 0.0417. The first kappa shape index (κ1) is 9.39. The molecule has 0 amide bonds. The van der Waals surface area contributed by atoms with Crippen LogP contribution >= 0.6 is 15.9 Å². The molecule has 0 heterocycles. The van der Waals surface area contributed by atoms with Crippen LogP contribution in [0.3, 0.4) is 0 Å². The van der Waals surface area contributed by atoms with Gasteiger partial charge in [0.1, 0.15) is 0 Å². The van der Waals surface area contributed by atoms with Crippen molar-refractivity contribution in [2.24, 2.45) is 0 Å². The molecule has 0 fully saturated rings. The second kappa shape index (κ2) is 4.24. The van der Waals surface area contributed by atoms with E-state index >= 15 is 0 Å². The zero-order valence-electron chi connectivity index (χ0n) is 5.13. The molecular weight excluding hydrogens is 208 g/mol. The van der Waals surface area contributed by atoms with Gasteiger partial charge in [0.2, 0.25) is 0 Å². The zero-order chi connectivity index (χ0) is 7.33. The number of halogens is 1. The third-order valence-corrected chi connectivity index (χ3v) is 2.25. The third-order valence-electron chi connectivity index (χ3n) is 0.694. The van der Waals surface area contributed by atoms with Crippen molar-refractivity contribution in [1.29, 1.82) is 0 Å². The minimum atomic E-state index is -3.21. The normalized spacial score (nSPS) is 11.8. The van der Waals surface area contributed by atoms with E-state index in [1.165, 1.54) is 0 Å². The smallest absolute Gasteiger partial charge is 0.267 e. The van der Waals surface area contributed by atoms with Gasteiger partial charge in [-0.3, -0.25) is 4.18 Å². The molecule has 0 unspecified atom stereocenters. The largest absolute Gasteiger partial charge is 0.269 e. The van der Waals surface area contributed by atoms with Gasteiger partial charge >= 0.3 is 0 Å². The molecule has 0 aromatic rings. The Morgan fingerprint density at radius 2 is 2.11 bits per heavy atom. The molecule has 0 aliphatic carbocycles. The molecule has 9 heavy (non-hydrogen) atoms. The second-order valence-electron chi connectivity index (χ2n) is 1.36. The van der Waals surface area contributed by atoms with Crippen LogP contribution in [-0.2, 0) is 14.3 Å². The molecule has 0 saturated carbocycles. The van der Waals surface area contributed by atoms with Crippen molar-refractivity contribution in [3.63, 3.8) is 0 Å². The minimum Gasteiger partial charge on any atom is -0.269 e. The monoisotopic (exact) mass is 216 g/mol. The quantitative estimate of drug-likeness (QED) is 0.515. The molecule has 0 spiro atoms. The van der Waals surface area contributed by atoms with Crippen molar-refractivity contribution < 1.29 is 12.6 Å². The molecule has 0 aromatic carbocycles. The van der Waals surface area contributed by atoms with Crippen LogP contribution < -0.4 is 0 Å². The van der Waals surface area contributed by atoms with Gasteiger partial charge in [0.05, 0.1) is 12.4 Å². The van der Waals surface area contributed by atoms with Gasteiger partial charge in [-0.15, -0.1) is 0 Å². The van der Waals surface area contributed by atoms with Gasteiger partial charge in [-0.05, 0) is 6.92 Å². The number of alkyl halides is 1. The number of hydrogen-bond donors (Lipinski definition) is 0. The molecule has 0 atom stereocenters. The second-order valence-corrected chi connectivity index (χ2v) is 4.08. The summed E-state index contributed by atoms with van der Waals surface area (Å²) in [5.41, 5.74) is 0. The molecule has 0 N–H and O–H groups in total. The maximum absolute atomic E-state index is 10.5. The SMILES string of the molecule is CCS(=O)(=O)OCCBr. The Kier molecular flexibility index (Phi) is 4.43. The third kappa shape index (κ3) is 4.87. The fourth-order valence-electron chi connectivity index (χ4n) is 0.242. The first-order valence-corrected chi connectivity index (χ1v) is 5.25. The Balaban J connectivity index is 3.61. The molecule has 0 aliphatic heterocycles. The topological polar surface area (TPSA) is 43.4 Å². The fraction of sp³-hybridized carbons (Fsp3) is 1.00. The molecule has 0 aliphatic rings. The summed E-state index contributed by atoms with van der Waals surface area (Å²) in [5.74, 6) is 0.0417. The van der Waals surface area contributed by atoms with Crippen LogP contribution in [0.1, 0.15) is 6.92 Å². The number of rotatable bonds is 4. The van der Waals surface area contributed by atoms with Crippen molar-refractivity contribution in [3.05, 3.63) is 0 Å². The first-order valence-electron chi connectivity index (χ1n) is 2.55. The molecule has 0 aromatic heterocycles. The van der Waals surface area contributed by atoms with E-state index in [0.29, 0.717) is 5.33 Å². The average Bonchev–Trinajstić information content (AvgIpc) is 1.84. The molecule has 0 saturated heterocycles. The van der Waals surface area contributed by atoms with E-state index in [-0.39, 0.29) is 12.4 Å². The van der Waals surface area contributed by atoms with Crippen LogP contribution in [0.2, 0.25) is 0 Å². The Hall–Kier alpha value is 0.390. The van der Waals surface area contributed by atoms with E-state index < -0.39 is 10.1 Å². The maximum atomic E-state index is 10.5. The summed E-state index contributed by atoms with van der Waals surface area (Å²) in [6.07, 6.45) is 0. The van der Waals surface area contributed by atoms with Crippen molar-refractivity contribution in [1.82, 2.24) is 0 Å². The van der Waals surface area contributed by atoms with Crippen LogP contribution in [0.15, 0.2) is 0 Å². The highest BCUT2D eigenvalue weighted by Gasteiger charge is 2.04. The van der Waals surface area contributed by atoms with Crippen molar-refractivity contribution in [2.45, 2.75) is 6.92 Å². The maximum Gasteiger partial charge on any atom is 0.267 e. The first-order chi connectivity index (χ1) is 4.12. The Labute approximate surface area is 63.6 Å². The predicted octanol–water partition coefficient (Wildman–Crippen LogP) is 0.748. The lowest BCUT2D eigenvalue weighted by atomic mass is 10.9. The van der Waals surface area contributed by atoms with Crippen molar-refractivity contribution in [2.75, 3.05) is 17.7 Å². The van der Waals surface area contributed by atoms with Crippen molar-refractivity contribution in [3.8, 4) is 0 Å². The lowest BCUT2D eigenvalue weighted by Gasteiger charge is -1.97. The Bertz CT molecular complexity index is 151. The van der Waals surface area contributed by atoms with E-state index in [2.05, 4.69) is 20.1 Å². The lowest BCUT2D eigenvalue weighted by Crippen LogP contribution is -2.09. The van der Waals surface area contributed by atoms with Crippen LogP contribution in [0.5, 0.6) is 0 Å². The highest BCUT2D eigenvalue weighted by molar-refractivity contribution is 9.09. The molecule has 0 radical (unpaired) electrons. The Morgan fingerprint density at radius 3 is 2.44 bits per heavy atom. The molecule has 5 heteroatoms. The predicted molar refractivity (Wildman–Crippen MR) is 39.2 cm³/mol. The summed E-state index contributed by atoms with van der Waals surface area (Å²) < 4.78 is 25.5. The van der Waals surface area contributed by atoms with E-state index in [9.17, 15) is 8.42 Å². The van der Waals surface area contributed by atoms with E-state index in [1.807, 2.05) is 0 Å². The van der Waals surface area contributed by atoms with Crippen LogP contribution in [0.4, 0.5) is 0 Å². The molecule has 3 nitrogen and oxygen atoms in total.